The molecule has 0 heterocycles. The van der Waals surface area contributed by atoms with E-state index in [4.69, 9.17) is 0 Å². The standard InChI is InChI=1S/C122H83/c1-3-55-92-74(37-1)75-38-2-4-56-93(75)110(92)73-120(113-98-61-25-9-43-80(98)81-44-10-26-62-99(81)113,114-100-63-27-11-45-82(100)83-46-12-28-64-101(83)114)122(117-106-69-33-17-51-88(106)89-52-18-34-70-107(89)117,118-108-71-35-19-53-90(108)91-54-20-36-72-109(91)118)121(115-102-65-29-13-47-84(102)85-48-14-30-66-103(85)115,116-104-67-31-15-49-86(104)87-50-16-32-68-105(87)116)119(111-94-57-21-5-39-76(94)77-40-6-22-58-95(77)111)112-96-59-23-7-41-78(96)79-42-8-24-60-97(79)112/h1-72,110-118H,73H2. The van der Waals surface area contributed by atoms with E-state index < -0.39 is 39.9 Å². The smallest absolute Gasteiger partial charge is 0.0180 e. The summed E-state index contributed by atoms with van der Waals surface area (Å²) < 4.78 is 0. The van der Waals surface area contributed by atoms with Crippen LogP contribution in [-0.4, -0.2) is 0 Å². The van der Waals surface area contributed by atoms with Crippen molar-refractivity contribution in [1.29, 1.82) is 0 Å². The highest BCUT2D eigenvalue weighted by molar-refractivity contribution is 5.94. The molecule has 0 amide bonds. The van der Waals surface area contributed by atoms with Crippen molar-refractivity contribution in [2.75, 3.05) is 0 Å². The Kier molecular flexibility index (Phi) is 14.7. The lowest BCUT2D eigenvalue weighted by Crippen LogP contribution is -2.69. The molecule has 18 aromatic rings. The van der Waals surface area contributed by atoms with Crippen molar-refractivity contribution >= 4 is 0 Å². The molecule has 0 aromatic heterocycles. The zero-order valence-electron chi connectivity index (χ0n) is 67.5. The Hall–Kier alpha value is -14.0. The summed E-state index contributed by atoms with van der Waals surface area (Å²) in [5, 5.41) is 0. The van der Waals surface area contributed by atoms with Crippen LogP contribution < -0.4 is 0 Å². The molecule has 0 unspecified atom stereocenters. The number of hydrogen-bond acceptors (Lipinski definition) is 0. The fraction of sp³-hybridized carbons (Fsp3) is 0.107. The fourth-order valence-corrected chi connectivity index (χ4v) is 28.3. The third-order valence-corrected chi connectivity index (χ3v) is 31.6. The van der Waals surface area contributed by atoms with Crippen LogP contribution >= 0.6 is 0 Å². The Labute approximate surface area is 713 Å². The van der Waals surface area contributed by atoms with Gasteiger partial charge < -0.3 is 0 Å². The van der Waals surface area contributed by atoms with E-state index in [9.17, 15) is 0 Å². The molecule has 0 aliphatic heterocycles. The quantitative estimate of drug-likeness (QED) is 0.108. The summed E-state index contributed by atoms with van der Waals surface area (Å²) in [6.07, 6.45) is 0.695. The van der Waals surface area contributed by atoms with Gasteiger partial charge in [-0.1, -0.05) is 437 Å². The van der Waals surface area contributed by atoms with Crippen LogP contribution in [0.4, 0.5) is 0 Å². The van der Waals surface area contributed by atoms with Gasteiger partial charge in [0.05, 0.1) is 0 Å². The first-order valence-electron chi connectivity index (χ1n) is 44.2. The highest BCUT2D eigenvalue weighted by atomic mass is 14.8. The predicted molar refractivity (Wildman–Crippen MR) is 499 cm³/mol. The minimum atomic E-state index is -1.30. The van der Waals surface area contributed by atoms with E-state index in [-0.39, 0.29) is 29.6 Å². The van der Waals surface area contributed by atoms with Gasteiger partial charge in [-0.15, -0.1) is 0 Å². The van der Waals surface area contributed by atoms with Crippen molar-refractivity contribution in [2.45, 2.75) is 59.7 Å². The maximum atomic E-state index is 2.69. The average Bonchev–Trinajstić information content (AvgIpc) is 1.37. The SMILES string of the molecule is c1ccc2c(c1)-c1ccccc1C2CC(C1c2ccccc2-c2ccccc21)(C1c2ccccc2-c2ccccc21)C(C1c2ccccc2-c2ccccc21)(C1c2ccccc2-c2ccccc21)C([C](C1c2ccccc2-c2ccccc21)C1c2ccccc2-c2ccccc21)(C1c2ccccc2-c2ccccc21)C1c2ccccc2-c2ccccc21. The third-order valence-electron chi connectivity index (χ3n) is 31.6. The van der Waals surface area contributed by atoms with Crippen LogP contribution in [-0.2, 0) is 0 Å². The van der Waals surface area contributed by atoms with Gasteiger partial charge in [0.25, 0.3) is 0 Å². The molecule has 122 heavy (non-hydrogen) atoms. The van der Waals surface area contributed by atoms with Crippen LogP contribution in [0.1, 0.15) is 160 Å². The van der Waals surface area contributed by atoms with E-state index in [1.165, 1.54) is 200 Å². The van der Waals surface area contributed by atoms with E-state index in [2.05, 4.69) is 437 Å². The maximum Gasteiger partial charge on any atom is 0.0180 e. The Balaban J connectivity index is 1.03. The van der Waals surface area contributed by atoms with Crippen molar-refractivity contribution in [3.8, 4) is 100 Å². The first-order chi connectivity index (χ1) is 60.6. The molecule has 0 fully saturated rings. The summed E-state index contributed by atoms with van der Waals surface area (Å²) in [4.78, 5) is 0. The second-order valence-corrected chi connectivity index (χ2v) is 36.0. The lowest BCUT2D eigenvalue weighted by atomic mass is 9.25. The molecule has 0 atom stereocenters. The molecule has 1 radical (unpaired) electrons. The first-order valence-corrected chi connectivity index (χ1v) is 44.2. The molecule has 0 spiro atoms. The molecule has 0 saturated carbocycles. The minimum absolute atomic E-state index is 0.186. The molecule has 0 heteroatoms. The van der Waals surface area contributed by atoms with Crippen LogP contribution in [0.5, 0.6) is 0 Å². The highest BCUT2D eigenvalue weighted by Crippen LogP contribution is 2.92. The molecular weight excluding hydrogens is 1470 g/mol. The van der Waals surface area contributed by atoms with Gasteiger partial charge in [0.2, 0.25) is 0 Å². The van der Waals surface area contributed by atoms with Crippen molar-refractivity contribution in [3.63, 3.8) is 0 Å². The molecule has 27 rings (SSSR count). The van der Waals surface area contributed by atoms with Crippen LogP contribution in [0.25, 0.3) is 100 Å². The second kappa shape index (κ2) is 26.0. The van der Waals surface area contributed by atoms with Gasteiger partial charge in [-0.3, -0.25) is 0 Å². The third kappa shape index (κ3) is 8.76. The van der Waals surface area contributed by atoms with Gasteiger partial charge in [-0.05, 0) is 207 Å². The van der Waals surface area contributed by atoms with Crippen molar-refractivity contribution in [3.05, 3.63) is 543 Å². The van der Waals surface area contributed by atoms with E-state index in [0.29, 0.717) is 6.42 Å². The molecule has 0 bridgehead atoms. The van der Waals surface area contributed by atoms with Crippen LogP contribution in [0, 0.1) is 22.2 Å². The summed E-state index contributed by atoms with van der Waals surface area (Å²) in [6, 6.07) is 180. The molecule has 0 saturated heterocycles. The second-order valence-electron chi connectivity index (χ2n) is 36.0. The van der Waals surface area contributed by atoms with E-state index >= 15 is 0 Å². The van der Waals surface area contributed by atoms with Crippen molar-refractivity contribution in [2.24, 2.45) is 16.2 Å². The molecule has 18 aromatic carbocycles. The van der Waals surface area contributed by atoms with Gasteiger partial charge in [0.1, 0.15) is 0 Å². The predicted octanol–water partition coefficient (Wildman–Crippen LogP) is 30.2. The molecular formula is C122H83. The van der Waals surface area contributed by atoms with E-state index in [0.717, 1.165) is 0 Å². The van der Waals surface area contributed by atoms with Gasteiger partial charge in [-0.2, -0.15) is 0 Å². The number of fused-ring (bicyclic) bond motifs is 27. The Morgan fingerprint density at radius 2 is 0.287 bits per heavy atom. The van der Waals surface area contributed by atoms with Gasteiger partial charge in [-0.25, -0.2) is 0 Å². The Bertz CT molecular complexity index is 6650. The molecule has 9 aliphatic rings. The largest absolute Gasteiger partial charge is 0.0619 e. The van der Waals surface area contributed by atoms with Crippen molar-refractivity contribution in [1.82, 2.24) is 0 Å². The van der Waals surface area contributed by atoms with Gasteiger partial charge in [0.15, 0.2) is 0 Å². The average molecular weight is 1550 g/mol. The summed E-state index contributed by atoms with van der Waals surface area (Å²) in [5.74, 6) is -2.02. The Morgan fingerprint density at radius 1 is 0.148 bits per heavy atom. The monoisotopic (exact) mass is 1550 g/mol. The lowest BCUT2D eigenvalue weighted by molar-refractivity contribution is -0.150. The summed E-state index contributed by atoms with van der Waals surface area (Å²) in [7, 11) is 0. The Morgan fingerprint density at radius 3 is 0.484 bits per heavy atom. The van der Waals surface area contributed by atoms with Crippen LogP contribution in [0.3, 0.4) is 0 Å². The number of benzene rings is 18. The highest BCUT2D eigenvalue weighted by Gasteiger charge is 2.83. The molecule has 9 aliphatic carbocycles. The lowest BCUT2D eigenvalue weighted by Gasteiger charge is -2.75. The number of rotatable bonds is 13. The maximum absolute atomic E-state index is 2.69. The first kappa shape index (κ1) is 68.8. The summed E-state index contributed by atoms with van der Waals surface area (Å²) in [5.41, 5.74) is 44.7. The topological polar surface area (TPSA) is 0 Å². The molecule has 0 nitrogen and oxygen atoms in total. The van der Waals surface area contributed by atoms with Gasteiger partial charge >= 0.3 is 0 Å². The van der Waals surface area contributed by atoms with E-state index in [1.54, 1.807) is 5.92 Å². The van der Waals surface area contributed by atoms with Crippen LogP contribution in [0.15, 0.2) is 437 Å². The minimum Gasteiger partial charge on any atom is -0.0619 e. The molecule has 571 valence electrons. The fourth-order valence-electron chi connectivity index (χ4n) is 28.3. The van der Waals surface area contributed by atoms with E-state index in [1.807, 2.05) is 0 Å². The normalized spacial score (nSPS) is 15.5. The summed E-state index contributed by atoms with van der Waals surface area (Å²) in [6.45, 7) is 0. The molecule has 0 N–H and O–H groups in total. The van der Waals surface area contributed by atoms with Crippen molar-refractivity contribution < 1.29 is 0 Å². The zero-order chi connectivity index (χ0) is 79.7. The zero-order valence-corrected chi connectivity index (χ0v) is 67.5. The number of hydrogen-bond donors (Lipinski definition) is 0. The summed E-state index contributed by atoms with van der Waals surface area (Å²) >= 11 is 0. The van der Waals surface area contributed by atoms with Gasteiger partial charge in [0, 0.05) is 75.4 Å². The van der Waals surface area contributed by atoms with Crippen LogP contribution in [0.2, 0.25) is 0 Å².